The van der Waals surface area contributed by atoms with Crippen molar-refractivity contribution in [3.05, 3.63) is 0 Å². The van der Waals surface area contributed by atoms with Crippen molar-refractivity contribution >= 4 is 0 Å². The van der Waals surface area contributed by atoms with Crippen LogP contribution in [0.15, 0.2) is 0 Å². The molecule has 1 saturated heterocycles. The van der Waals surface area contributed by atoms with E-state index in [2.05, 4.69) is 31.1 Å². The van der Waals surface area contributed by atoms with Crippen molar-refractivity contribution in [3.8, 4) is 0 Å². The van der Waals surface area contributed by atoms with Gasteiger partial charge in [0.25, 0.3) is 0 Å². The second-order valence-electron chi connectivity index (χ2n) is 6.94. The molecule has 2 N–H and O–H groups in total. The molecule has 0 bridgehead atoms. The van der Waals surface area contributed by atoms with Gasteiger partial charge in [-0.05, 0) is 44.1 Å². The van der Waals surface area contributed by atoms with Crippen LogP contribution in [-0.4, -0.2) is 48.8 Å². The molecule has 0 radical (unpaired) electrons. The van der Waals surface area contributed by atoms with Crippen molar-refractivity contribution in [2.75, 3.05) is 26.7 Å². The normalized spacial score (nSPS) is 34.7. The van der Waals surface area contributed by atoms with E-state index in [1.165, 1.54) is 25.8 Å². The van der Waals surface area contributed by atoms with Crippen LogP contribution >= 0.6 is 0 Å². The van der Waals surface area contributed by atoms with Crippen molar-refractivity contribution in [1.29, 1.82) is 0 Å². The van der Waals surface area contributed by atoms with E-state index in [9.17, 15) is 5.11 Å². The minimum absolute atomic E-state index is 0.0517. The number of piperidine rings is 1. The molecule has 18 heavy (non-hydrogen) atoms. The highest BCUT2D eigenvalue weighted by Gasteiger charge is 2.38. The maximum atomic E-state index is 9.58. The first-order chi connectivity index (χ1) is 8.53. The molecule has 0 spiro atoms. The monoisotopic (exact) mass is 254 g/mol. The lowest BCUT2D eigenvalue weighted by Gasteiger charge is -2.46. The largest absolute Gasteiger partial charge is 0.393 e. The molecule has 2 unspecified atom stereocenters. The Morgan fingerprint density at radius 2 is 1.89 bits per heavy atom. The summed E-state index contributed by atoms with van der Waals surface area (Å²) in [4.78, 5) is 2.56. The van der Waals surface area contributed by atoms with Gasteiger partial charge in [-0.3, -0.25) is 0 Å². The van der Waals surface area contributed by atoms with Crippen molar-refractivity contribution in [3.63, 3.8) is 0 Å². The summed E-state index contributed by atoms with van der Waals surface area (Å²) in [5.74, 6) is 0.772. The second kappa shape index (κ2) is 5.89. The van der Waals surface area contributed by atoms with Gasteiger partial charge in [-0.1, -0.05) is 20.3 Å². The fourth-order valence-electron chi connectivity index (χ4n) is 4.04. The third kappa shape index (κ3) is 3.25. The zero-order valence-corrected chi connectivity index (χ0v) is 12.3. The molecule has 1 saturated carbocycles. The summed E-state index contributed by atoms with van der Waals surface area (Å²) in [6, 6.07) is 0.637. The van der Waals surface area contributed by atoms with E-state index < -0.39 is 0 Å². The van der Waals surface area contributed by atoms with Gasteiger partial charge in [0.1, 0.15) is 0 Å². The van der Waals surface area contributed by atoms with E-state index in [0.29, 0.717) is 11.5 Å². The summed E-state index contributed by atoms with van der Waals surface area (Å²) in [5, 5.41) is 13.1. The zero-order chi connectivity index (χ0) is 13.2. The lowest BCUT2D eigenvalue weighted by atomic mass is 9.67. The molecule has 106 valence electrons. The molecule has 2 aliphatic rings. The highest BCUT2D eigenvalue weighted by atomic mass is 16.3. The summed E-state index contributed by atoms with van der Waals surface area (Å²) >= 11 is 0. The molecule has 3 nitrogen and oxygen atoms in total. The first-order valence-electron chi connectivity index (χ1n) is 7.60. The van der Waals surface area contributed by atoms with Crippen LogP contribution in [-0.2, 0) is 0 Å². The van der Waals surface area contributed by atoms with E-state index in [1.807, 2.05) is 0 Å². The molecule has 1 heterocycles. The number of hydrogen-bond acceptors (Lipinski definition) is 3. The molecule has 1 aliphatic heterocycles. The molecular formula is C15H30N2O. The van der Waals surface area contributed by atoms with Crippen LogP contribution in [0.5, 0.6) is 0 Å². The first kappa shape index (κ1) is 14.3. The molecule has 3 heteroatoms. The fraction of sp³-hybridized carbons (Fsp3) is 1.00. The number of rotatable bonds is 3. The van der Waals surface area contributed by atoms with Crippen LogP contribution in [0.3, 0.4) is 0 Å². The Morgan fingerprint density at radius 3 is 2.50 bits per heavy atom. The Bertz CT molecular complexity index is 259. The third-order valence-electron chi connectivity index (χ3n) is 5.07. The lowest BCUT2D eigenvalue weighted by Crippen LogP contribution is -2.52. The van der Waals surface area contributed by atoms with Crippen molar-refractivity contribution < 1.29 is 5.11 Å². The molecule has 2 fully saturated rings. The molecule has 1 aliphatic carbocycles. The highest BCUT2D eigenvalue weighted by molar-refractivity contribution is 4.94. The van der Waals surface area contributed by atoms with Crippen LogP contribution in [0.1, 0.15) is 46.0 Å². The predicted molar refractivity (Wildman–Crippen MR) is 75.7 cm³/mol. The molecule has 0 amide bonds. The van der Waals surface area contributed by atoms with Crippen LogP contribution in [0.2, 0.25) is 0 Å². The topological polar surface area (TPSA) is 35.5 Å². The smallest absolute Gasteiger partial charge is 0.0564 e. The highest BCUT2D eigenvalue weighted by Crippen LogP contribution is 2.39. The van der Waals surface area contributed by atoms with Crippen LogP contribution in [0, 0.1) is 11.3 Å². The van der Waals surface area contributed by atoms with Crippen LogP contribution in [0.25, 0.3) is 0 Å². The lowest BCUT2D eigenvalue weighted by molar-refractivity contribution is 0.0453. The summed E-state index contributed by atoms with van der Waals surface area (Å²) in [6.45, 7) is 8.17. The third-order valence-corrected chi connectivity index (χ3v) is 5.07. The van der Waals surface area contributed by atoms with Gasteiger partial charge < -0.3 is 15.3 Å². The fourth-order valence-corrected chi connectivity index (χ4v) is 4.04. The minimum Gasteiger partial charge on any atom is -0.393 e. The number of likely N-dealkylation sites (tertiary alicyclic amines) is 1. The van der Waals surface area contributed by atoms with E-state index in [4.69, 9.17) is 0 Å². The second-order valence-corrected chi connectivity index (χ2v) is 6.94. The molecule has 0 aromatic heterocycles. The number of nitrogens with zero attached hydrogens (tertiary/aromatic N) is 1. The summed E-state index contributed by atoms with van der Waals surface area (Å²) < 4.78 is 0. The maximum Gasteiger partial charge on any atom is 0.0564 e. The van der Waals surface area contributed by atoms with Gasteiger partial charge in [0.2, 0.25) is 0 Å². The van der Waals surface area contributed by atoms with Crippen LogP contribution < -0.4 is 5.32 Å². The maximum absolute atomic E-state index is 9.58. The van der Waals surface area contributed by atoms with E-state index >= 15 is 0 Å². The van der Waals surface area contributed by atoms with Gasteiger partial charge in [-0.25, -0.2) is 0 Å². The summed E-state index contributed by atoms with van der Waals surface area (Å²) in [5.41, 5.74) is 0.424. The molecule has 0 aromatic carbocycles. The van der Waals surface area contributed by atoms with E-state index in [0.717, 1.165) is 31.8 Å². The summed E-state index contributed by atoms with van der Waals surface area (Å²) in [7, 11) is 2.12. The van der Waals surface area contributed by atoms with E-state index in [1.54, 1.807) is 0 Å². The standard InChI is InChI=1S/C15H30N2O/c1-15(2)8-4-5-12(14(15)16-3)11-17-9-6-13(18)7-10-17/h12-14,16,18H,4-11H2,1-3H3. The first-order valence-corrected chi connectivity index (χ1v) is 7.60. The van der Waals surface area contributed by atoms with Crippen molar-refractivity contribution in [1.82, 2.24) is 10.2 Å². The Labute approximate surface area is 112 Å². The van der Waals surface area contributed by atoms with Crippen molar-refractivity contribution in [2.24, 2.45) is 11.3 Å². The number of nitrogens with one attached hydrogen (secondary N) is 1. The SMILES string of the molecule is CNC1C(CN2CCC(O)CC2)CCCC1(C)C. The van der Waals surface area contributed by atoms with Gasteiger partial charge in [-0.2, -0.15) is 0 Å². The zero-order valence-electron chi connectivity index (χ0n) is 12.3. The Balaban J connectivity index is 1.91. The molecular weight excluding hydrogens is 224 g/mol. The van der Waals surface area contributed by atoms with Gasteiger partial charge in [-0.15, -0.1) is 0 Å². The van der Waals surface area contributed by atoms with Crippen molar-refractivity contribution in [2.45, 2.75) is 58.1 Å². The van der Waals surface area contributed by atoms with Gasteiger partial charge in [0.05, 0.1) is 6.10 Å². The molecule has 2 atom stereocenters. The average Bonchev–Trinajstić information content (AvgIpc) is 2.31. The predicted octanol–water partition coefficient (Wildman–Crippen LogP) is 1.86. The Hall–Kier alpha value is -0.120. The average molecular weight is 254 g/mol. The van der Waals surface area contributed by atoms with Gasteiger partial charge in [0, 0.05) is 25.7 Å². The molecule has 2 rings (SSSR count). The van der Waals surface area contributed by atoms with E-state index in [-0.39, 0.29) is 6.10 Å². The summed E-state index contributed by atoms with van der Waals surface area (Å²) in [6.07, 6.45) is 5.93. The van der Waals surface area contributed by atoms with Gasteiger partial charge in [0.15, 0.2) is 0 Å². The Morgan fingerprint density at radius 1 is 1.22 bits per heavy atom. The number of aliphatic hydroxyl groups excluding tert-OH is 1. The Kier molecular flexibility index (Phi) is 4.68. The minimum atomic E-state index is -0.0517. The molecule has 0 aromatic rings. The van der Waals surface area contributed by atoms with Crippen LogP contribution in [0.4, 0.5) is 0 Å². The van der Waals surface area contributed by atoms with Gasteiger partial charge >= 0.3 is 0 Å². The number of aliphatic hydroxyl groups is 1. The quantitative estimate of drug-likeness (QED) is 0.807. The number of hydrogen-bond donors (Lipinski definition) is 2.